The number of nitrogens with one attached hydrogen (secondary N) is 1. The van der Waals surface area contributed by atoms with Crippen LogP contribution in [0.15, 0.2) is 0 Å². The second-order valence-corrected chi connectivity index (χ2v) is 1.12. The summed E-state index contributed by atoms with van der Waals surface area (Å²) in [4.78, 5) is 9.30. The fraction of sp³-hybridized carbons (Fsp3) is 0.750. The molecular weight excluding hydrogens is 97.0 g/mol. The first-order chi connectivity index (χ1) is 3.31. The minimum Gasteiger partial charge on any atom is -0.318 e. The topological polar surface area (TPSA) is 29.1 Å². The second-order valence-electron chi connectivity index (χ2n) is 1.12. The van der Waals surface area contributed by atoms with Gasteiger partial charge in [0.1, 0.15) is 0 Å². The van der Waals surface area contributed by atoms with Crippen molar-refractivity contribution in [3.63, 3.8) is 0 Å². The molecule has 0 aliphatic heterocycles. The zero-order valence-corrected chi connectivity index (χ0v) is 4.07. The van der Waals surface area contributed by atoms with Crippen LogP contribution in [0.4, 0.5) is 4.39 Å². The third-order valence-electron chi connectivity index (χ3n) is 0.574. The van der Waals surface area contributed by atoms with Crippen molar-refractivity contribution in [3.8, 4) is 0 Å². The van der Waals surface area contributed by atoms with Gasteiger partial charge >= 0.3 is 6.41 Å². The van der Waals surface area contributed by atoms with Gasteiger partial charge in [-0.2, -0.15) is 0 Å². The molecule has 1 atom stereocenters. The monoisotopic (exact) mass is 104 g/mol. The summed E-state index contributed by atoms with van der Waals surface area (Å²) in [6, 6.07) is 0. The molecule has 0 aromatic carbocycles. The van der Waals surface area contributed by atoms with E-state index in [9.17, 15) is 9.18 Å². The van der Waals surface area contributed by atoms with Crippen molar-refractivity contribution in [3.05, 3.63) is 0 Å². The van der Waals surface area contributed by atoms with Gasteiger partial charge in [0.2, 0.25) is 0 Å². The van der Waals surface area contributed by atoms with E-state index in [4.69, 9.17) is 0 Å². The first-order valence-corrected chi connectivity index (χ1v) is 2.08. The van der Waals surface area contributed by atoms with Crippen LogP contribution >= 0.6 is 0 Å². The Morgan fingerprint density at radius 2 is 2.57 bits per heavy atom. The van der Waals surface area contributed by atoms with Crippen LogP contribution in [0, 0.1) is 0 Å². The minimum atomic E-state index is -1.22. The molecule has 0 rings (SSSR count). The van der Waals surface area contributed by atoms with Gasteiger partial charge < -0.3 is 5.32 Å². The van der Waals surface area contributed by atoms with Gasteiger partial charge in [-0.05, 0) is 6.42 Å². The van der Waals surface area contributed by atoms with Crippen molar-refractivity contribution in [1.29, 1.82) is 0 Å². The smallest absolute Gasteiger partial charge is 0.311 e. The van der Waals surface area contributed by atoms with E-state index in [2.05, 4.69) is 0 Å². The van der Waals surface area contributed by atoms with Crippen molar-refractivity contribution in [2.45, 2.75) is 19.6 Å². The number of alkyl halides is 1. The SMILES string of the molecule is CCC(F)N[C]=O. The Kier molecular flexibility index (Phi) is 3.28. The van der Waals surface area contributed by atoms with Gasteiger partial charge in [-0.25, -0.2) is 4.39 Å². The highest BCUT2D eigenvalue weighted by atomic mass is 19.1. The van der Waals surface area contributed by atoms with Gasteiger partial charge in [-0.15, -0.1) is 0 Å². The Morgan fingerprint density at radius 3 is 2.71 bits per heavy atom. The van der Waals surface area contributed by atoms with Crippen LogP contribution in [-0.2, 0) is 4.79 Å². The number of halogens is 1. The molecule has 0 heterocycles. The lowest BCUT2D eigenvalue weighted by atomic mass is 10.5. The Morgan fingerprint density at radius 1 is 2.00 bits per heavy atom. The van der Waals surface area contributed by atoms with Gasteiger partial charge in [0.05, 0.1) is 0 Å². The molecular formula is C4H7FNO. The van der Waals surface area contributed by atoms with Crippen molar-refractivity contribution in [1.82, 2.24) is 5.32 Å². The van der Waals surface area contributed by atoms with Crippen molar-refractivity contribution in [2.24, 2.45) is 0 Å². The fourth-order valence-electron chi connectivity index (χ4n) is 0.166. The van der Waals surface area contributed by atoms with Gasteiger partial charge in [0.25, 0.3) is 0 Å². The van der Waals surface area contributed by atoms with Crippen molar-refractivity contribution < 1.29 is 9.18 Å². The van der Waals surface area contributed by atoms with E-state index in [1.54, 1.807) is 6.92 Å². The van der Waals surface area contributed by atoms with Crippen LogP contribution < -0.4 is 5.32 Å². The lowest BCUT2D eigenvalue weighted by Gasteiger charge is -1.97. The molecule has 0 aliphatic rings. The van der Waals surface area contributed by atoms with Gasteiger partial charge in [0, 0.05) is 0 Å². The quantitative estimate of drug-likeness (QED) is 0.406. The van der Waals surface area contributed by atoms with Crippen LogP contribution in [0.25, 0.3) is 0 Å². The van der Waals surface area contributed by atoms with E-state index in [0.29, 0.717) is 6.42 Å². The van der Waals surface area contributed by atoms with Crippen LogP contribution in [0.1, 0.15) is 13.3 Å². The number of amides is 1. The molecule has 0 aliphatic carbocycles. The number of carbonyl (C=O) groups excluding carboxylic acids is 1. The summed E-state index contributed by atoms with van der Waals surface area (Å²) in [6.45, 7) is 1.63. The third-order valence-corrected chi connectivity index (χ3v) is 0.574. The molecule has 1 unspecified atom stereocenters. The molecule has 1 amide bonds. The molecule has 41 valence electrons. The molecule has 0 fully saturated rings. The zero-order chi connectivity index (χ0) is 5.70. The predicted molar refractivity (Wildman–Crippen MR) is 24.0 cm³/mol. The van der Waals surface area contributed by atoms with Crippen molar-refractivity contribution in [2.75, 3.05) is 0 Å². The fourth-order valence-corrected chi connectivity index (χ4v) is 0.166. The molecule has 0 spiro atoms. The van der Waals surface area contributed by atoms with E-state index in [0.717, 1.165) is 0 Å². The van der Waals surface area contributed by atoms with Gasteiger partial charge in [-0.3, -0.25) is 4.79 Å². The summed E-state index contributed by atoms with van der Waals surface area (Å²) in [6.07, 6.45) is 0.320. The summed E-state index contributed by atoms with van der Waals surface area (Å²) in [5.74, 6) is 0. The Bertz CT molecular complexity index is 57.7. The average molecular weight is 104 g/mol. The van der Waals surface area contributed by atoms with Gasteiger partial charge in [-0.1, -0.05) is 6.92 Å². The Balaban J connectivity index is 2.98. The Hall–Kier alpha value is -0.600. The molecule has 2 nitrogen and oxygen atoms in total. The summed E-state index contributed by atoms with van der Waals surface area (Å²) in [5, 5.41) is 1.82. The van der Waals surface area contributed by atoms with E-state index < -0.39 is 6.30 Å². The molecule has 1 N–H and O–H groups in total. The number of hydrogen-bond donors (Lipinski definition) is 1. The third kappa shape index (κ3) is 3.22. The molecule has 0 aromatic heterocycles. The highest BCUT2D eigenvalue weighted by Crippen LogP contribution is 1.86. The molecule has 7 heavy (non-hydrogen) atoms. The largest absolute Gasteiger partial charge is 0.318 e. The normalized spacial score (nSPS) is 12.9. The molecule has 0 saturated heterocycles. The Labute approximate surface area is 41.7 Å². The zero-order valence-electron chi connectivity index (χ0n) is 4.07. The highest BCUT2D eigenvalue weighted by Gasteiger charge is 1.96. The van der Waals surface area contributed by atoms with E-state index in [1.165, 1.54) is 6.41 Å². The lowest BCUT2D eigenvalue weighted by molar-refractivity contribution is 0.298. The maximum Gasteiger partial charge on any atom is 0.311 e. The molecule has 1 radical (unpaired) electrons. The molecule has 0 bridgehead atoms. The molecule has 0 aromatic rings. The van der Waals surface area contributed by atoms with Crippen LogP contribution in [0.3, 0.4) is 0 Å². The minimum absolute atomic E-state index is 0.301. The summed E-state index contributed by atoms with van der Waals surface area (Å²) < 4.78 is 11.8. The second kappa shape index (κ2) is 3.59. The van der Waals surface area contributed by atoms with Crippen molar-refractivity contribution >= 4 is 6.41 Å². The van der Waals surface area contributed by atoms with Crippen LogP contribution in [0.2, 0.25) is 0 Å². The first-order valence-electron chi connectivity index (χ1n) is 2.08. The summed E-state index contributed by atoms with van der Waals surface area (Å²) >= 11 is 0. The number of rotatable bonds is 3. The summed E-state index contributed by atoms with van der Waals surface area (Å²) in [7, 11) is 0. The van der Waals surface area contributed by atoms with E-state index in [1.807, 2.05) is 5.32 Å². The summed E-state index contributed by atoms with van der Waals surface area (Å²) in [5.41, 5.74) is 0. The molecule has 0 saturated carbocycles. The first kappa shape index (κ1) is 6.40. The highest BCUT2D eigenvalue weighted by molar-refractivity contribution is 5.47. The maximum atomic E-state index is 11.8. The van der Waals surface area contributed by atoms with Gasteiger partial charge in [0.15, 0.2) is 6.30 Å². The predicted octanol–water partition coefficient (Wildman–Crippen LogP) is 0.349. The maximum absolute atomic E-state index is 11.8. The van der Waals surface area contributed by atoms with Crippen LogP contribution in [0.5, 0.6) is 0 Å². The van der Waals surface area contributed by atoms with E-state index in [-0.39, 0.29) is 0 Å². The van der Waals surface area contributed by atoms with E-state index >= 15 is 0 Å². The standard InChI is InChI=1S/C4H7FNO/c1-2-4(5)6-3-7/h4H,2H2,1H3,(H,6,7). The molecule has 3 heteroatoms. The van der Waals surface area contributed by atoms with Crippen LogP contribution in [-0.4, -0.2) is 12.7 Å². The number of hydrogen-bond acceptors (Lipinski definition) is 1. The lowest BCUT2D eigenvalue weighted by Crippen LogP contribution is -2.21. The average Bonchev–Trinajstić information content (AvgIpc) is 1.68.